The number of rotatable bonds is 4. The summed E-state index contributed by atoms with van der Waals surface area (Å²) in [6, 6.07) is 2.26. The van der Waals surface area contributed by atoms with E-state index in [1.807, 2.05) is 10.8 Å². The van der Waals surface area contributed by atoms with Crippen molar-refractivity contribution in [1.82, 2.24) is 4.57 Å². The van der Waals surface area contributed by atoms with Gasteiger partial charge in [0.2, 0.25) is 0 Å². The Morgan fingerprint density at radius 2 is 2.36 bits per heavy atom. The molecule has 2 unspecified atom stereocenters. The van der Waals surface area contributed by atoms with Crippen LogP contribution in [0, 0.1) is 5.92 Å². The molecule has 1 aromatic rings. The van der Waals surface area contributed by atoms with Gasteiger partial charge in [-0.25, -0.2) is 0 Å². The fraction of sp³-hybridized carbons (Fsp3) is 0.636. The van der Waals surface area contributed by atoms with Crippen molar-refractivity contribution in [3.63, 3.8) is 0 Å². The molecule has 2 atom stereocenters. The Morgan fingerprint density at radius 1 is 1.64 bits per heavy atom. The SMILES string of the molecule is CC(O)Cn1ccc(C(N)C2CC2)c1. The van der Waals surface area contributed by atoms with Crippen molar-refractivity contribution in [1.29, 1.82) is 0 Å². The van der Waals surface area contributed by atoms with Gasteiger partial charge in [0, 0.05) is 25.0 Å². The molecule has 0 spiro atoms. The molecule has 0 amide bonds. The van der Waals surface area contributed by atoms with Crippen molar-refractivity contribution in [3.8, 4) is 0 Å². The third-order valence-electron chi connectivity index (χ3n) is 2.76. The van der Waals surface area contributed by atoms with Gasteiger partial charge in [-0.1, -0.05) is 0 Å². The van der Waals surface area contributed by atoms with E-state index in [0.29, 0.717) is 12.5 Å². The van der Waals surface area contributed by atoms with Crippen molar-refractivity contribution >= 4 is 0 Å². The fourth-order valence-electron chi connectivity index (χ4n) is 1.80. The molecule has 1 aliphatic carbocycles. The summed E-state index contributed by atoms with van der Waals surface area (Å²) in [5, 5.41) is 9.22. The normalized spacial score (nSPS) is 20.8. The molecular weight excluding hydrogens is 176 g/mol. The zero-order chi connectivity index (χ0) is 10.1. The van der Waals surface area contributed by atoms with Gasteiger partial charge in [0.05, 0.1) is 6.10 Å². The first-order chi connectivity index (χ1) is 6.66. The molecule has 0 radical (unpaired) electrons. The van der Waals surface area contributed by atoms with E-state index in [2.05, 4.69) is 12.3 Å². The van der Waals surface area contributed by atoms with Crippen LogP contribution < -0.4 is 5.73 Å². The molecule has 0 bridgehead atoms. The first-order valence-corrected chi connectivity index (χ1v) is 5.26. The van der Waals surface area contributed by atoms with Crippen LogP contribution in [0.1, 0.15) is 31.4 Å². The predicted molar refractivity (Wildman–Crippen MR) is 55.8 cm³/mol. The van der Waals surface area contributed by atoms with Crippen LogP contribution in [0.15, 0.2) is 18.5 Å². The number of aliphatic hydroxyl groups is 1. The van der Waals surface area contributed by atoms with E-state index in [-0.39, 0.29) is 12.1 Å². The molecule has 14 heavy (non-hydrogen) atoms. The van der Waals surface area contributed by atoms with E-state index < -0.39 is 0 Å². The van der Waals surface area contributed by atoms with Crippen LogP contribution in [0.3, 0.4) is 0 Å². The maximum absolute atomic E-state index is 9.22. The zero-order valence-electron chi connectivity index (χ0n) is 8.56. The Hall–Kier alpha value is -0.800. The molecule has 3 nitrogen and oxygen atoms in total. The van der Waals surface area contributed by atoms with Gasteiger partial charge in [-0.15, -0.1) is 0 Å². The first kappa shape index (κ1) is 9.74. The lowest BCUT2D eigenvalue weighted by molar-refractivity contribution is 0.173. The van der Waals surface area contributed by atoms with Gasteiger partial charge in [0.25, 0.3) is 0 Å². The van der Waals surface area contributed by atoms with E-state index in [1.54, 1.807) is 6.92 Å². The second-order valence-corrected chi connectivity index (χ2v) is 4.35. The molecule has 3 heteroatoms. The zero-order valence-corrected chi connectivity index (χ0v) is 8.56. The summed E-state index contributed by atoms with van der Waals surface area (Å²) in [4.78, 5) is 0. The van der Waals surface area contributed by atoms with Gasteiger partial charge < -0.3 is 15.4 Å². The van der Waals surface area contributed by atoms with Gasteiger partial charge in [-0.05, 0) is 37.3 Å². The molecule has 1 heterocycles. The molecule has 78 valence electrons. The predicted octanol–water partition coefficient (Wildman–Crippen LogP) is 1.28. The molecule has 1 saturated carbocycles. The Morgan fingerprint density at radius 3 is 2.93 bits per heavy atom. The Kier molecular flexibility index (Phi) is 2.61. The van der Waals surface area contributed by atoms with Crippen LogP contribution in [0.5, 0.6) is 0 Å². The second-order valence-electron chi connectivity index (χ2n) is 4.35. The number of hydrogen-bond acceptors (Lipinski definition) is 2. The van der Waals surface area contributed by atoms with E-state index >= 15 is 0 Å². The Bertz CT molecular complexity index is 302. The summed E-state index contributed by atoms with van der Waals surface area (Å²) < 4.78 is 2.00. The summed E-state index contributed by atoms with van der Waals surface area (Å²) >= 11 is 0. The van der Waals surface area contributed by atoms with Crippen molar-refractivity contribution in [2.75, 3.05) is 0 Å². The average molecular weight is 194 g/mol. The molecule has 3 N–H and O–H groups in total. The van der Waals surface area contributed by atoms with Gasteiger partial charge in [-0.2, -0.15) is 0 Å². The molecule has 0 saturated heterocycles. The first-order valence-electron chi connectivity index (χ1n) is 5.26. The fourth-order valence-corrected chi connectivity index (χ4v) is 1.80. The van der Waals surface area contributed by atoms with Crippen LogP contribution in [-0.2, 0) is 6.54 Å². The van der Waals surface area contributed by atoms with Crippen LogP contribution in [-0.4, -0.2) is 15.8 Å². The standard InChI is InChI=1S/C11H18N2O/c1-8(14)6-13-5-4-10(7-13)11(12)9-2-3-9/h4-5,7-9,11,14H,2-3,6,12H2,1H3. The molecule has 1 aromatic heterocycles. The maximum atomic E-state index is 9.22. The molecule has 1 aliphatic rings. The van der Waals surface area contributed by atoms with E-state index in [1.165, 1.54) is 18.4 Å². The highest BCUT2D eigenvalue weighted by atomic mass is 16.3. The molecular formula is C11H18N2O. The Labute approximate surface area is 84.5 Å². The minimum atomic E-state index is -0.299. The Balaban J connectivity index is 2.01. The minimum absolute atomic E-state index is 0.199. The van der Waals surface area contributed by atoms with Crippen molar-refractivity contribution in [2.45, 2.75) is 38.5 Å². The van der Waals surface area contributed by atoms with Crippen LogP contribution in [0.4, 0.5) is 0 Å². The highest BCUT2D eigenvalue weighted by molar-refractivity contribution is 5.17. The number of hydrogen-bond donors (Lipinski definition) is 2. The number of aromatic nitrogens is 1. The van der Waals surface area contributed by atoms with Crippen molar-refractivity contribution in [3.05, 3.63) is 24.0 Å². The monoisotopic (exact) mass is 194 g/mol. The lowest BCUT2D eigenvalue weighted by Crippen LogP contribution is -2.12. The lowest BCUT2D eigenvalue weighted by atomic mass is 10.1. The topological polar surface area (TPSA) is 51.2 Å². The number of aliphatic hydroxyl groups excluding tert-OH is 1. The van der Waals surface area contributed by atoms with Crippen LogP contribution >= 0.6 is 0 Å². The second kappa shape index (κ2) is 3.75. The van der Waals surface area contributed by atoms with Crippen molar-refractivity contribution in [2.24, 2.45) is 11.7 Å². The maximum Gasteiger partial charge on any atom is 0.0690 e. The van der Waals surface area contributed by atoms with E-state index in [9.17, 15) is 5.11 Å². The summed E-state index contributed by atoms with van der Waals surface area (Å²) in [5.41, 5.74) is 7.27. The summed E-state index contributed by atoms with van der Waals surface area (Å²) in [7, 11) is 0. The third-order valence-corrected chi connectivity index (χ3v) is 2.76. The quantitative estimate of drug-likeness (QED) is 0.758. The highest BCUT2D eigenvalue weighted by Gasteiger charge is 2.29. The third kappa shape index (κ3) is 2.16. The highest BCUT2D eigenvalue weighted by Crippen LogP contribution is 2.39. The van der Waals surface area contributed by atoms with Gasteiger partial charge in [-0.3, -0.25) is 0 Å². The summed E-state index contributed by atoms with van der Waals surface area (Å²) in [5.74, 6) is 0.692. The molecule has 0 aliphatic heterocycles. The molecule has 2 rings (SSSR count). The summed E-state index contributed by atoms with van der Waals surface area (Å²) in [6.45, 7) is 2.44. The lowest BCUT2D eigenvalue weighted by Gasteiger charge is -2.08. The number of nitrogens with zero attached hydrogens (tertiary/aromatic N) is 1. The smallest absolute Gasteiger partial charge is 0.0690 e. The van der Waals surface area contributed by atoms with Crippen LogP contribution in [0.25, 0.3) is 0 Å². The molecule has 1 fully saturated rings. The van der Waals surface area contributed by atoms with Gasteiger partial charge >= 0.3 is 0 Å². The number of nitrogens with two attached hydrogens (primary N) is 1. The minimum Gasteiger partial charge on any atom is -0.392 e. The van der Waals surface area contributed by atoms with Crippen LogP contribution in [0.2, 0.25) is 0 Å². The summed E-state index contributed by atoms with van der Waals surface area (Å²) in [6.07, 6.45) is 6.28. The largest absolute Gasteiger partial charge is 0.392 e. The van der Waals surface area contributed by atoms with Crippen molar-refractivity contribution < 1.29 is 5.11 Å². The average Bonchev–Trinajstić information content (AvgIpc) is 2.86. The van der Waals surface area contributed by atoms with E-state index in [0.717, 1.165) is 0 Å². The molecule has 0 aromatic carbocycles. The van der Waals surface area contributed by atoms with Gasteiger partial charge in [0.15, 0.2) is 0 Å². The van der Waals surface area contributed by atoms with E-state index in [4.69, 9.17) is 5.73 Å². The van der Waals surface area contributed by atoms with Gasteiger partial charge in [0.1, 0.15) is 0 Å².